The summed E-state index contributed by atoms with van der Waals surface area (Å²) in [6.07, 6.45) is 0.282. The summed E-state index contributed by atoms with van der Waals surface area (Å²) in [5.74, 6) is -2.34. The lowest BCUT2D eigenvalue weighted by Crippen LogP contribution is -2.42. The first kappa shape index (κ1) is 16.6. The minimum atomic E-state index is -1.21. The fourth-order valence-corrected chi connectivity index (χ4v) is 1.45. The van der Waals surface area contributed by atoms with E-state index in [4.69, 9.17) is 5.11 Å². The van der Waals surface area contributed by atoms with Crippen molar-refractivity contribution >= 4 is 17.9 Å². The van der Waals surface area contributed by atoms with E-state index in [0.29, 0.717) is 5.56 Å². The van der Waals surface area contributed by atoms with Crippen LogP contribution in [0.25, 0.3) is 0 Å². The highest BCUT2D eigenvalue weighted by Gasteiger charge is 2.08. The second kappa shape index (κ2) is 8.64. The van der Waals surface area contributed by atoms with E-state index in [1.807, 2.05) is 5.32 Å². The molecular formula is C13H15FN2O5. The summed E-state index contributed by atoms with van der Waals surface area (Å²) in [5.41, 5.74) is 0.453. The summed E-state index contributed by atoms with van der Waals surface area (Å²) in [5, 5.41) is 12.6. The maximum Gasteiger partial charge on any atom is 0.329 e. The molecule has 0 radical (unpaired) electrons. The van der Waals surface area contributed by atoms with Crippen LogP contribution in [0.15, 0.2) is 24.3 Å². The number of aliphatic carboxylic acids is 1. The predicted octanol–water partition coefficient (Wildman–Crippen LogP) is 0.295. The van der Waals surface area contributed by atoms with Gasteiger partial charge in [-0.15, -0.1) is 0 Å². The van der Waals surface area contributed by atoms with Crippen molar-refractivity contribution in [3.63, 3.8) is 0 Å². The fourth-order valence-electron chi connectivity index (χ4n) is 1.45. The van der Waals surface area contributed by atoms with Crippen molar-refractivity contribution in [1.82, 2.24) is 10.6 Å². The second-order valence-electron chi connectivity index (χ2n) is 4.03. The van der Waals surface area contributed by atoms with Gasteiger partial charge < -0.3 is 15.2 Å². The molecular weight excluding hydrogens is 283 g/mol. The molecule has 0 bridgehead atoms. The zero-order valence-electron chi connectivity index (χ0n) is 11.1. The van der Waals surface area contributed by atoms with Crippen molar-refractivity contribution in [1.29, 1.82) is 0 Å². The van der Waals surface area contributed by atoms with Crippen molar-refractivity contribution in [3.8, 4) is 0 Å². The molecule has 3 N–H and O–H groups in total. The number of amides is 3. The molecule has 0 spiro atoms. The van der Waals surface area contributed by atoms with Gasteiger partial charge in [-0.2, -0.15) is 0 Å². The number of halogens is 1. The van der Waals surface area contributed by atoms with E-state index < -0.39 is 31.1 Å². The number of benzene rings is 1. The van der Waals surface area contributed by atoms with E-state index in [0.717, 1.165) is 0 Å². The molecule has 1 aromatic carbocycles. The molecule has 3 amide bonds. The van der Waals surface area contributed by atoms with Crippen LogP contribution >= 0.6 is 0 Å². The van der Waals surface area contributed by atoms with E-state index in [1.54, 1.807) is 18.2 Å². The summed E-state index contributed by atoms with van der Waals surface area (Å²) in [4.78, 5) is 32.6. The maximum atomic E-state index is 13.3. The van der Waals surface area contributed by atoms with Crippen LogP contribution in [-0.4, -0.2) is 42.8 Å². The molecule has 0 saturated carbocycles. The highest BCUT2D eigenvalue weighted by atomic mass is 19.1. The Hall–Kier alpha value is -2.48. The summed E-state index contributed by atoms with van der Waals surface area (Å²) in [7, 11) is 0. The van der Waals surface area contributed by atoms with Crippen LogP contribution in [0.3, 0.4) is 0 Å². The normalized spacial score (nSPS) is 9.95. The van der Waals surface area contributed by atoms with Crippen LogP contribution in [0.4, 0.5) is 9.18 Å². The minimum Gasteiger partial charge on any atom is -0.480 e. The van der Waals surface area contributed by atoms with Gasteiger partial charge in [-0.1, -0.05) is 18.2 Å². The number of carboxylic acid groups (broad SMARTS) is 1. The van der Waals surface area contributed by atoms with Gasteiger partial charge in [0.05, 0.1) is 0 Å². The van der Waals surface area contributed by atoms with Crippen molar-refractivity contribution in [3.05, 3.63) is 35.6 Å². The van der Waals surface area contributed by atoms with Crippen LogP contribution in [0.2, 0.25) is 0 Å². The lowest BCUT2D eigenvalue weighted by atomic mass is 10.1. The van der Waals surface area contributed by atoms with Gasteiger partial charge in [-0.25, -0.2) is 14.0 Å². The summed E-state index contributed by atoms with van der Waals surface area (Å²) in [6.45, 7) is -1.01. The Labute approximate surface area is 120 Å². The molecule has 8 heteroatoms. The smallest absolute Gasteiger partial charge is 0.329 e. The van der Waals surface area contributed by atoms with Gasteiger partial charge >= 0.3 is 12.0 Å². The standard InChI is InChI=1S/C13H15FN2O5/c14-10-4-2-1-3-9(10)5-6-15-13(20)16-11(17)7-21-8-12(18)19/h1-4H,5-8H2,(H,18,19)(H2,15,16,17,20). The third-order valence-electron chi connectivity index (χ3n) is 2.35. The average molecular weight is 298 g/mol. The van der Waals surface area contributed by atoms with Crippen LogP contribution < -0.4 is 10.6 Å². The second-order valence-corrected chi connectivity index (χ2v) is 4.03. The molecule has 0 aliphatic carbocycles. The minimum absolute atomic E-state index is 0.149. The average Bonchev–Trinajstić information content (AvgIpc) is 2.40. The summed E-state index contributed by atoms with van der Waals surface area (Å²) >= 11 is 0. The Balaban J connectivity index is 2.20. The molecule has 0 fully saturated rings. The quantitative estimate of drug-likeness (QED) is 0.671. The number of hydrogen-bond donors (Lipinski definition) is 3. The number of nitrogens with one attached hydrogen (secondary N) is 2. The molecule has 0 atom stereocenters. The Kier molecular flexibility index (Phi) is 6.82. The topological polar surface area (TPSA) is 105 Å². The molecule has 0 aliphatic rings. The molecule has 1 rings (SSSR count). The largest absolute Gasteiger partial charge is 0.480 e. The zero-order valence-corrected chi connectivity index (χ0v) is 11.1. The van der Waals surface area contributed by atoms with Crippen molar-refractivity contribution in [2.75, 3.05) is 19.8 Å². The Morgan fingerprint density at radius 2 is 1.90 bits per heavy atom. The van der Waals surface area contributed by atoms with Gasteiger partial charge in [0.1, 0.15) is 19.0 Å². The molecule has 7 nitrogen and oxygen atoms in total. The maximum absolute atomic E-state index is 13.3. The van der Waals surface area contributed by atoms with E-state index in [-0.39, 0.29) is 18.8 Å². The van der Waals surface area contributed by atoms with E-state index in [9.17, 15) is 18.8 Å². The lowest BCUT2D eigenvalue weighted by molar-refractivity contribution is -0.143. The zero-order chi connectivity index (χ0) is 15.7. The van der Waals surface area contributed by atoms with Crippen molar-refractivity contribution < 1.29 is 28.6 Å². The number of carbonyl (C=O) groups is 3. The first-order chi connectivity index (χ1) is 9.99. The predicted molar refractivity (Wildman–Crippen MR) is 70.1 cm³/mol. The molecule has 21 heavy (non-hydrogen) atoms. The molecule has 0 unspecified atom stereocenters. The number of carboxylic acids is 1. The van der Waals surface area contributed by atoms with E-state index in [1.165, 1.54) is 6.07 Å². The fraction of sp³-hybridized carbons (Fsp3) is 0.308. The van der Waals surface area contributed by atoms with Crippen molar-refractivity contribution in [2.45, 2.75) is 6.42 Å². The third-order valence-corrected chi connectivity index (χ3v) is 2.35. The van der Waals surface area contributed by atoms with E-state index in [2.05, 4.69) is 10.1 Å². The van der Waals surface area contributed by atoms with Gasteiger partial charge in [0.25, 0.3) is 5.91 Å². The van der Waals surface area contributed by atoms with Crippen LogP contribution in [-0.2, 0) is 20.7 Å². The summed E-state index contributed by atoms with van der Waals surface area (Å²) in [6, 6.07) is 5.41. The van der Waals surface area contributed by atoms with Crippen LogP contribution in [0, 0.1) is 5.82 Å². The Morgan fingerprint density at radius 3 is 2.57 bits per heavy atom. The molecule has 1 aromatic rings. The highest BCUT2D eigenvalue weighted by Crippen LogP contribution is 2.05. The van der Waals surface area contributed by atoms with E-state index >= 15 is 0 Å². The van der Waals surface area contributed by atoms with Crippen LogP contribution in [0.5, 0.6) is 0 Å². The monoisotopic (exact) mass is 298 g/mol. The number of rotatable bonds is 7. The molecule has 114 valence electrons. The van der Waals surface area contributed by atoms with Gasteiger partial charge in [0.2, 0.25) is 0 Å². The van der Waals surface area contributed by atoms with Gasteiger partial charge in [0.15, 0.2) is 0 Å². The molecule has 0 aromatic heterocycles. The number of ether oxygens (including phenoxy) is 1. The van der Waals surface area contributed by atoms with Crippen LogP contribution in [0.1, 0.15) is 5.56 Å². The Bertz CT molecular complexity index is 521. The SMILES string of the molecule is O=C(O)COCC(=O)NC(=O)NCCc1ccccc1F. The molecule has 0 heterocycles. The number of hydrogen-bond acceptors (Lipinski definition) is 4. The highest BCUT2D eigenvalue weighted by molar-refractivity contribution is 5.94. The Morgan fingerprint density at radius 1 is 1.19 bits per heavy atom. The number of urea groups is 1. The van der Waals surface area contributed by atoms with Gasteiger partial charge in [-0.05, 0) is 18.1 Å². The molecule has 0 saturated heterocycles. The molecule has 0 aliphatic heterocycles. The number of imide groups is 1. The lowest BCUT2D eigenvalue weighted by Gasteiger charge is -2.07. The first-order valence-corrected chi connectivity index (χ1v) is 6.09. The van der Waals surface area contributed by atoms with Crippen molar-refractivity contribution in [2.24, 2.45) is 0 Å². The first-order valence-electron chi connectivity index (χ1n) is 6.09. The van der Waals surface area contributed by atoms with Gasteiger partial charge in [0, 0.05) is 6.54 Å². The number of carbonyl (C=O) groups excluding carboxylic acids is 2. The summed E-state index contributed by atoms with van der Waals surface area (Å²) < 4.78 is 17.8. The van der Waals surface area contributed by atoms with Gasteiger partial charge in [-0.3, -0.25) is 10.1 Å². The third kappa shape index (κ3) is 7.02.